The van der Waals surface area contributed by atoms with Crippen LogP contribution in [0, 0.1) is 0 Å². The monoisotopic (exact) mass is 510 g/mol. The molecule has 2 heteroatoms. The summed E-state index contributed by atoms with van der Waals surface area (Å²) in [4.78, 5) is 0. The zero-order chi connectivity index (χ0) is 26.5. The molecule has 0 amide bonds. The second-order valence-corrected chi connectivity index (χ2v) is 10.2. The van der Waals surface area contributed by atoms with Crippen molar-refractivity contribution in [2.24, 2.45) is 0 Å². The first-order valence-corrected chi connectivity index (χ1v) is 13.7. The third kappa shape index (κ3) is 3.50. The summed E-state index contributed by atoms with van der Waals surface area (Å²) in [6, 6.07) is 54.5. The lowest BCUT2D eigenvalue weighted by atomic mass is 9.98. The largest absolute Gasteiger partial charge is 0.316 e. The van der Waals surface area contributed by atoms with Gasteiger partial charge < -0.3 is 9.13 Å². The Labute approximate surface area is 233 Å². The lowest BCUT2D eigenvalue weighted by Crippen LogP contribution is -1.99. The van der Waals surface area contributed by atoms with Crippen LogP contribution >= 0.6 is 0 Å². The summed E-state index contributed by atoms with van der Waals surface area (Å²) in [5.41, 5.74) is 10.8. The van der Waals surface area contributed by atoms with Gasteiger partial charge in [0.15, 0.2) is 0 Å². The van der Waals surface area contributed by atoms with Gasteiger partial charge in [0.05, 0.1) is 22.2 Å². The number of para-hydroxylation sites is 2. The fourth-order valence-corrected chi connectivity index (χ4v) is 6.13. The van der Waals surface area contributed by atoms with Crippen LogP contribution in [-0.2, 0) is 0 Å². The van der Waals surface area contributed by atoms with Gasteiger partial charge in [0.1, 0.15) is 0 Å². The Morgan fingerprint density at radius 1 is 0.400 bits per heavy atom. The molecule has 0 atom stereocenters. The van der Waals surface area contributed by atoms with Crippen molar-refractivity contribution < 1.29 is 0 Å². The van der Waals surface area contributed by atoms with Crippen LogP contribution in [0.2, 0.25) is 0 Å². The highest BCUT2D eigenvalue weighted by atomic mass is 15.0. The van der Waals surface area contributed by atoms with Crippen molar-refractivity contribution in [3.8, 4) is 33.6 Å². The van der Waals surface area contributed by atoms with E-state index in [1.165, 1.54) is 60.6 Å². The second-order valence-electron chi connectivity index (χ2n) is 10.2. The zero-order valence-corrected chi connectivity index (χ0v) is 21.9. The maximum absolute atomic E-state index is 2.48. The van der Waals surface area contributed by atoms with E-state index in [0.717, 1.165) is 5.69 Å². The minimum atomic E-state index is 1.16. The van der Waals surface area contributed by atoms with Gasteiger partial charge in [-0.3, -0.25) is 0 Å². The number of hydrogen-bond acceptors (Lipinski definition) is 0. The third-order valence-corrected chi connectivity index (χ3v) is 7.97. The summed E-state index contributed by atoms with van der Waals surface area (Å²) in [5.74, 6) is 0. The van der Waals surface area contributed by atoms with Crippen LogP contribution in [0.3, 0.4) is 0 Å². The smallest absolute Gasteiger partial charge is 0.0635 e. The number of fused-ring (bicyclic) bond motifs is 5. The summed E-state index contributed by atoms with van der Waals surface area (Å²) in [6.45, 7) is 0. The van der Waals surface area contributed by atoms with E-state index < -0.39 is 0 Å². The number of rotatable bonds is 4. The summed E-state index contributed by atoms with van der Waals surface area (Å²) in [5, 5.41) is 3.76. The molecule has 2 aromatic heterocycles. The molecule has 0 bridgehead atoms. The molecule has 2 nitrogen and oxygen atoms in total. The van der Waals surface area contributed by atoms with Gasteiger partial charge in [-0.25, -0.2) is 0 Å². The summed E-state index contributed by atoms with van der Waals surface area (Å²) in [7, 11) is 0. The average Bonchev–Trinajstić information content (AvgIpc) is 3.62. The summed E-state index contributed by atoms with van der Waals surface area (Å²) in [6.07, 6.45) is 2.19. The number of benzene rings is 6. The first kappa shape index (κ1) is 22.6. The Balaban J connectivity index is 1.51. The van der Waals surface area contributed by atoms with Crippen molar-refractivity contribution in [2.45, 2.75) is 0 Å². The molecule has 2 heterocycles. The molecule has 8 rings (SSSR count). The van der Waals surface area contributed by atoms with Gasteiger partial charge in [-0.05, 0) is 53.1 Å². The number of hydrogen-bond donors (Lipinski definition) is 0. The molecule has 0 aliphatic carbocycles. The van der Waals surface area contributed by atoms with Gasteiger partial charge in [0.25, 0.3) is 0 Å². The zero-order valence-electron chi connectivity index (χ0n) is 21.9. The first-order chi connectivity index (χ1) is 19.9. The van der Waals surface area contributed by atoms with Crippen LogP contribution in [0.1, 0.15) is 0 Å². The Hall–Kier alpha value is -5.34. The molecule has 0 saturated carbocycles. The fourth-order valence-electron chi connectivity index (χ4n) is 6.13. The summed E-state index contributed by atoms with van der Waals surface area (Å²) < 4.78 is 4.77. The van der Waals surface area contributed by atoms with Crippen LogP contribution in [0.25, 0.3) is 66.3 Å². The fraction of sp³-hybridized carbons (Fsp3) is 0. The highest BCUT2D eigenvalue weighted by molar-refractivity contribution is 6.18. The number of nitrogens with zero attached hydrogens (tertiary/aromatic N) is 2. The molecule has 188 valence electrons. The molecule has 6 aromatic carbocycles. The van der Waals surface area contributed by atoms with Crippen molar-refractivity contribution in [2.75, 3.05) is 0 Å². The molecular weight excluding hydrogens is 484 g/mol. The lowest BCUT2D eigenvalue weighted by molar-refractivity contribution is 1.13. The minimum Gasteiger partial charge on any atom is -0.316 e. The Morgan fingerprint density at radius 3 is 1.85 bits per heavy atom. The SMILES string of the molecule is c1ccc(-c2ccc(-c3ccccc3)c(-n3c4ccccc4c4ccc5c(ccn5-c5ccccc5)c43)c2)cc1. The van der Waals surface area contributed by atoms with E-state index in [-0.39, 0.29) is 0 Å². The van der Waals surface area contributed by atoms with Crippen LogP contribution in [-0.4, -0.2) is 9.13 Å². The van der Waals surface area contributed by atoms with Crippen molar-refractivity contribution in [3.05, 3.63) is 158 Å². The van der Waals surface area contributed by atoms with Crippen LogP contribution < -0.4 is 0 Å². The quantitative estimate of drug-likeness (QED) is 0.223. The molecule has 8 aromatic rings. The van der Waals surface area contributed by atoms with Crippen molar-refractivity contribution in [3.63, 3.8) is 0 Å². The molecule has 0 fully saturated rings. The molecule has 0 spiro atoms. The van der Waals surface area contributed by atoms with Crippen LogP contribution in [0.15, 0.2) is 158 Å². The predicted molar refractivity (Wildman–Crippen MR) is 168 cm³/mol. The van der Waals surface area contributed by atoms with E-state index in [0.29, 0.717) is 0 Å². The molecule has 0 aliphatic rings. The molecule has 0 unspecified atom stereocenters. The standard InChI is InChI=1S/C38H26N2/c1-4-12-27(13-5-1)29-20-21-31(28-14-6-2-7-15-28)37(26-29)40-36-19-11-10-18-32(36)33-22-23-35-34(38(33)40)24-25-39(35)30-16-8-3-9-17-30/h1-26H. The molecule has 0 aliphatic heterocycles. The van der Waals surface area contributed by atoms with Gasteiger partial charge in [0, 0.05) is 33.6 Å². The molecule has 40 heavy (non-hydrogen) atoms. The lowest BCUT2D eigenvalue weighted by Gasteiger charge is -2.17. The Morgan fingerprint density at radius 2 is 1.07 bits per heavy atom. The first-order valence-electron chi connectivity index (χ1n) is 13.7. The van der Waals surface area contributed by atoms with E-state index in [9.17, 15) is 0 Å². The number of aromatic nitrogens is 2. The summed E-state index contributed by atoms with van der Waals surface area (Å²) >= 11 is 0. The van der Waals surface area contributed by atoms with Crippen LogP contribution in [0.4, 0.5) is 0 Å². The van der Waals surface area contributed by atoms with Gasteiger partial charge in [-0.15, -0.1) is 0 Å². The molecular formula is C38H26N2. The predicted octanol–water partition coefficient (Wildman–Crippen LogP) is 10.1. The van der Waals surface area contributed by atoms with Crippen molar-refractivity contribution >= 4 is 32.7 Å². The normalized spacial score (nSPS) is 11.5. The topological polar surface area (TPSA) is 9.86 Å². The maximum atomic E-state index is 2.48. The van der Waals surface area contributed by atoms with E-state index >= 15 is 0 Å². The third-order valence-electron chi connectivity index (χ3n) is 7.97. The van der Waals surface area contributed by atoms with Crippen molar-refractivity contribution in [1.29, 1.82) is 0 Å². The van der Waals surface area contributed by atoms with E-state index in [1.54, 1.807) is 0 Å². The van der Waals surface area contributed by atoms with E-state index in [4.69, 9.17) is 0 Å². The molecule has 0 saturated heterocycles. The average molecular weight is 511 g/mol. The van der Waals surface area contributed by atoms with Gasteiger partial charge in [-0.2, -0.15) is 0 Å². The highest BCUT2D eigenvalue weighted by Gasteiger charge is 2.19. The van der Waals surface area contributed by atoms with Crippen molar-refractivity contribution in [1.82, 2.24) is 9.13 Å². The highest BCUT2D eigenvalue weighted by Crippen LogP contribution is 2.41. The Bertz CT molecular complexity index is 2130. The molecule has 0 N–H and O–H groups in total. The molecule has 0 radical (unpaired) electrons. The van der Waals surface area contributed by atoms with Gasteiger partial charge in [-0.1, -0.05) is 115 Å². The van der Waals surface area contributed by atoms with Crippen LogP contribution in [0.5, 0.6) is 0 Å². The minimum absolute atomic E-state index is 1.16. The maximum Gasteiger partial charge on any atom is 0.0635 e. The van der Waals surface area contributed by atoms with E-state index in [2.05, 4.69) is 167 Å². The Kier molecular flexibility index (Phi) is 5.17. The van der Waals surface area contributed by atoms with Gasteiger partial charge in [0.2, 0.25) is 0 Å². The second kappa shape index (κ2) is 9.14. The van der Waals surface area contributed by atoms with Gasteiger partial charge >= 0.3 is 0 Å². The van der Waals surface area contributed by atoms with E-state index in [1.807, 2.05) is 0 Å².